The lowest BCUT2D eigenvalue weighted by molar-refractivity contribution is -0.119. The molecule has 1 aliphatic rings. The zero-order chi connectivity index (χ0) is 14.4. The number of benzene rings is 1. The molecular weight excluding hydrogens is 254 g/mol. The molecule has 1 saturated heterocycles. The second-order valence-corrected chi connectivity index (χ2v) is 5.18. The van der Waals surface area contributed by atoms with Crippen LogP contribution in [0.25, 0.3) is 0 Å². The molecule has 2 rings (SSSR count). The van der Waals surface area contributed by atoms with Crippen LogP contribution in [0.3, 0.4) is 0 Å². The third-order valence-electron chi connectivity index (χ3n) is 3.52. The van der Waals surface area contributed by atoms with Gasteiger partial charge >= 0.3 is 0 Å². The summed E-state index contributed by atoms with van der Waals surface area (Å²) in [7, 11) is 0. The molecule has 1 aliphatic heterocycles. The summed E-state index contributed by atoms with van der Waals surface area (Å²) in [5.74, 6) is 0.924. The maximum atomic E-state index is 11.0. The molecule has 5 nitrogen and oxygen atoms in total. The van der Waals surface area contributed by atoms with Gasteiger partial charge in [-0.05, 0) is 24.1 Å². The van der Waals surface area contributed by atoms with E-state index in [1.165, 1.54) is 0 Å². The third-order valence-corrected chi connectivity index (χ3v) is 3.52. The summed E-state index contributed by atoms with van der Waals surface area (Å²) in [4.78, 5) is 13.3. The third kappa shape index (κ3) is 4.51. The van der Waals surface area contributed by atoms with E-state index in [1.54, 1.807) is 6.92 Å². The lowest BCUT2D eigenvalue weighted by Gasteiger charge is -2.16. The van der Waals surface area contributed by atoms with E-state index < -0.39 is 0 Å². The molecular formula is C15H23N3O2. The summed E-state index contributed by atoms with van der Waals surface area (Å²) in [6.07, 6.45) is 1.02. The van der Waals surface area contributed by atoms with Crippen molar-refractivity contribution in [3.63, 3.8) is 0 Å². The summed E-state index contributed by atoms with van der Waals surface area (Å²) >= 11 is 0. The van der Waals surface area contributed by atoms with Crippen LogP contribution < -0.4 is 15.8 Å². The van der Waals surface area contributed by atoms with Crippen LogP contribution >= 0.6 is 0 Å². The molecule has 0 bridgehead atoms. The van der Waals surface area contributed by atoms with E-state index in [0.717, 1.165) is 37.4 Å². The van der Waals surface area contributed by atoms with E-state index in [-0.39, 0.29) is 11.9 Å². The monoisotopic (exact) mass is 277 g/mol. The summed E-state index contributed by atoms with van der Waals surface area (Å²) in [6.45, 7) is 5.59. The second kappa shape index (κ2) is 7.26. The highest BCUT2D eigenvalue weighted by Crippen LogP contribution is 2.13. The van der Waals surface area contributed by atoms with Crippen molar-refractivity contribution in [2.45, 2.75) is 25.9 Å². The minimum Gasteiger partial charge on any atom is -0.492 e. The largest absolute Gasteiger partial charge is 0.492 e. The number of hydrogen-bond acceptors (Lipinski definition) is 4. The standard InChI is InChI=1S/C15H23N3O2/c1-12(19)17-14-6-7-18(11-14)8-9-20-15-4-2-13(10-16)3-5-15/h2-5,14H,6-11,16H2,1H3,(H,17,19). The first-order valence-electron chi connectivity index (χ1n) is 7.08. The predicted octanol–water partition coefficient (Wildman–Crippen LogP) is 0.735. The number of amides is 1. The first-order valence-corrected chi connectivity index (χ1v) is 7.08. The first-order chi connectivity index (χ1) is 9.67. The fraction of sp³-hybridized carbons (Fsp3) is 0.533. The number of rotatable bonds is 6. The topological polar surface area (TPSA) is 67.6 Å². The number of carbonyl (C=O) groups is 1. The molecule has 5 heteroatoms. The highest BCUT2D eigenvalue weighted by Gasteiger charge is 2.22. The maximum Gasteiger partial charge on any atom is 0.217 e. The van der Waals surface area contributed by atoms with Crippen LogP contribution in [0.4, 0.5) is 0 Å². The normalized spacial score (nSPS) is 19.0. The number of nitrogens with two attached hydrogens (primary N) is 1. The van der Waals surface area contributed by atoms with Crippen LogP contribution in [0.2, 0.25) is 0 Å². The van der Waals surface area contributed by atoms with Crippen molar-refractivity contribution in [2.24, 2.45) is 5.73 Å². The summed E-state index contributed by atoms with van der Waals surface area (Å²) in [5, 5.41) is 2.96. The van der Waals surface area contributed by atoms with Crippen LogP contribution in [0.5, 0.6) is 5.75 Å². The van der Waals surface area contributed by atoms with Crippen LogP contribution in [0, 0.1) is 0 Å². The average Bonchev–Trinajstić information content (AvgIpc) is 2.86. The van der Waals surface area contributed by atoms with Crippen molar-refractivity contribution in [3.05, 3.63) is 29.8 Å². The Balaban J connectivity index is 1.67. The minimum atomic E-state index is 0.0492. The number of ether oxygens (including phenoxy) is 1. The molecule has 3 N–H and O–H groups in total. The van der Waals surface area contributed by atoms with Crippen LogP contribution in [0.1, 0.15) is 18.9 Å². The molecule has 1 atom stereocenters. The molecule has 1 aromatic carbocycles. The zero-order valence-electron chi connectivity index (χ0n) is 12.0. The van der Waals surface area contributed by atoms with Gasteiger partial charge in [-0.3, -0.25) is 9.69 Å². The number of hydrogen-bond donors (Lipinski definition) is 2. The van der Waals surface area contributed by atoms with Crippen molar-refractivity contribution in [1.82, 2.24) is 10.2 Å². The Morgan fingerprint density at radius 3 is 2.85 bits per heavy atom. The van der Waals surface area contributed by atoms with Gasteiger partial charge in [-0.2, -0.15) is 0 Å². The number of nitrogens with zero attached hydrogens (tertiary/aromatic N) is 1. The van der Waals surface area contributed by atoms with Crippen LogP contribution in [0.15, 0.2) is 24.3 Å². The van der Waals surface area contributed by atoms with Gasteiger partial charge in [0.2, 0.25) is 5.91 Å². The molecule has 110 valence electrons. The van der Waals surface area contributed by atoms with Gasteiger partial charge in [0, 0.05) is 39.1 Å². The molecule has 1 unspecified atom stereocenters. The van der Waals surface area contributed by atoms with Crippen molar-refractivity contribution in [2.75, 3.05) is 26.2 Å². The van der Waals surface area contributed by atoms with E-state index in [2.05, 4.69) is 10.2 Å². The second-order valence-electron chi connectivity index (χ2n) is 5.18. The van der Waals surface area contributed by atoms with Gasteiger partial charge in [-0.1, -0.05) is 12.1 Å². The SMILES string of the molecule is CC(=O)NC1CCN(CCOc2ccc(CN)cc2)C1. The molecule has 1 heterocycles. The van der Waals surface area contributed by atoms with Gasteiger partial charge in [-0.25, -0.2) is 0 Å². The highest BCUT2D eigenvalue weighted by atomic mass is 16.5. The Labute approximate surface area is 120 Å². The van der Waals surface area contributed by atoms with E-state index in [4.69, 9.17) is 10.5 Å². The number of nitrogens with one attached hydrogen (secondary N) is 1. The fourth-order valence-corrected chi connectivity index (χ4v) is 2.46. The van der Waals surface area contributed by atoms with Crippen molar-refractivity contribution in [1.29, 1.82) is 0 Å². The Morgan fingerprint density at radius 2 is 2.20 bits per heavy atom. The predicted molar refractivity (Wildman–Crippen MR) is 78.5 cm³/mol. The summed E-state index contributed by atoms with van der Waals surface area (Å²) in [6, 6.07) is 8.16. The number of carbonyl (C=O) groups excluding carboxylic acids is 1. The molecule has 0 spiro atoms. The van der Waals surface area contributed by atoms with Crippen molar-refractivity contribution >= 4 is 5.91 Å². The lowest BCUT2D eigenvalue weighted by atomic mass is 10.2. The highest BCUT2D eigenvalue weighted by molar-refractivity contribution is 5.73. The quantitative estimate of drug-likeness (QED) is 0.804. The van der Waals surface area contributed by atoms with Gasteiger partial charge in [0.1, 0.15) is 12.4 Å². The number of likely N-dealkylation sites (tertiary alicyclic amines) is 1. The molecule has 1 aromatic rings. The Bertz CT molecular complexity index is 433. The van der Waals surface area contributed by atoms with Gasteiger partial charge in [0.05, 0.1) is 0 Å². The van der Waals surface area contributed by atoms with E-state index >= 15 is 0 Å². The van der Waals surface area contributed by atoms with E-state index in [0.29, 0.717) is 13.2 Å². The fourth-order valence-electron chi connectivity index (χ4n) is 2.46. The molecule has 1 fully saturated rings. The lowest BCUT2D eigenvalue weighted by Crippen LogP contribution is -2.36. The first kappa shape index (κ1) is 14.8. The summed E-state index contributed by atoms with van der Waals surface area (Å²) in [5.41, 5.74) is 6.66. The molecule has 0 saturated carbocycles. The zero-order valence-corrected chi connectivity index (χ0v) is 12.0. The van der Waals surface area contributed by atoms with Gasteiger partial charge in [0.15, 0.2) is 0 Å². The smallest absolute Gasteiger partial charge is 0.217 e. The van der Waals surface area contributed by atoms with Crippen LogP contribution in [-0.2, 0) is 11.3 Å². The molecule has 0 aromatic heterocycles. The average molecular weight is 277 g/mol. The van der Waals surface area contributed by atoms with Gasteiger partial charge in [-0.15, -0.1) is 0 Å². The van der Waals surface area contributed by atoms with E-state index in [1.807, 2.05) is 24.3 Å². The van der Waals surface area contributed by atoms with Crippen molar-refractivity contribution < 1.29 is 9.53 Å². The Kier molecular flexibility index (Phi) is 5.38. The van der Waals surface area contributed by atoms with Gasteiger partial charge in [0.25, 0.3) is 0 Å². The van der Waals surface area contributed by atoms with E-state index in [9.17, 15) is 4.79 Å². The van der Waals surface area contributed by atoms with Gasteiger partial charge < -0.3 is 15.8 Å². The summed E-state index contributed by atoms with van der Waals surface area (Å²) < 4.78 is 5.71. The maximum absolute atomic E-state index is 11.0. The molecule has 0 radical (unpaired) electrons. The molecule has 1 amide bonds. The molecule has 20 heavy (non-hydrogen) atoms. The van der Waals surface area contributed by atoms with Crippen molar-refractivity contribution in [3.8, 4) is 5.75 Å². The van der Waals surface area contributed by atoms with Crippen LogP contribution in [-0.4, -0.2) is 43.1 Å². The molecule has 0 aliphatic carbocycles. The Morgan fingerprint density at radius 1 is 1.45 bits per heavy atom. The Hall–Kier alpha value is -1.59. The minimum absolute atomic E-state index is 0.0492.